The molecule has 9 nitrogen and oxygen atoms in total. The maximum atomic E-state index is 13.2. The van der Waals surface area contributed by atoms with Crippen LogP contribution in [0.1, 0.15) is 67.3 Å². The summed E-state index contributed by atoms with van der Waals surface area (Å²) in [4.78, 5) is 37.6. The molecule has 3 saturated carbocycles. The zero-order chi connectivity index (χ0) is 25.6. The van der Waals surface area contributed by atoms with Crippen LogP contribution in [0.25, 0.3) is 22.3 Å². The van der Waals surface area contributed by atoms with Gasteiger partial charge >= 0.3 is 0 Å². The van der Waals surface area contributed by atoms with Gasteiger partial charge in [0.2, 0.25) is 0 Å². The lowest BCUT2D eigenvalue weighted by atomic mass is 9.90. The fourth-order valence-corrected chi connectivity index (χ4v) is 5.07. The number of amides is 2. The van der Waals surface area contributed by atoms with E-state index >= 15 is 0 Å². The number of carbonyl (C=O) groups is 2. The van der Waals surface area contributed by atoms with E-state index in [4.69, 9.17) is 4.74 Å². The first-order valence-corrected chi connectivity index (χ1v) is 13.3. The summed E-state index contributed by atoms with van der Waals surface area (Å²) in [6.45, 7) is 2.74. The third-order valence-corrected chi connectivity index (χ3v) is 7.81. The number of ether oxygens (including phenoxy) is 1. The van der Waals surface area contributed by atoms with Crippen molar-refractivity contribution in [2.75, 3.05) is 6.61 Å². The second-order valence-corrected chi connectivity index (χ2v) is 10.9. The van der Waals surface area contributed by atoms with E-state index in [0.29, 0.717) is 47.7 Å². The molecule has 4 N–H and O–H groups in total. The second kappa shape index (κ2) is 9.45. The molecule has 2 heterocycles. The van der Waals surface area contributed by atoms with Crippen molar-refractivity contribution in [3.8, 4) is 17.0 Å². The molecule has 1 aromatic carbocycles. The molecule has 3 aromatic rings. The van der Waals surface area contributed by atoms with Gasteiger partial charge in [-0.25, -0.2) is 9.97 Å². The fraction of sp³-hybridized carbons (Fsp3) is 0.500. The van der Waals surface area contributed by atoms with Crippen molar-refractivity contribution in [3.63, 3.8) is 0 Å². The molecule has 9 heteroatoms. The topological polar surface area (TPSA) is 129 Å². The van der Waals surface area contributed by atoms with Crippen LogP contribution in [0.4, 0.5) is 0 Å². The summed E-state index contributed by atoms with van der Waals surface area (Å²) in [5.41, 5.74) is 3.32. The van der Waals surface area contributed by atoms with E-state index in [2.05, 4.69) is 31.7 Å². The molecule has 194 valence electrons. The molecule has 0 aliphatic heterocycles. The highest BCUT2D eigenvalue weighted by Crippen LogP contribution is 2.37. The average Bonchev–Trinajstić information content (AvgIpc) is 3.82. The van der Waals surface area contributed by atoms with Crippen molar-refractivity contribution in [1.82, 2.24) is 25.6 Å². The smallest absolute Gasteiger partial charge is 0.255 e. The number of fused-ring (bicyclic) bond motifs is 1. The Morgan fingerprint density at radius 2 is 1.81 bits per heavy atom. The molecule has 2 aromatic heterocycles. The van der Waals surface area contributed by atoms with Gasteiger partial charge in [-0.2, -0.15) is 0 Å². The standard InChI is InChI=1S/C28H33N5O4/c1-16-2-9-22(37-14-17-3-4-17)20(12-16)23-25-24(31-15-30-23)21(13-29-25)26(34)32-18-5-7-19(8-6-18)33-27(35)28(36)10-11-28/h2,9,12-13,15,17-19,29,36H,3-8,10-11,14H2,1H3,(H,32,34)(H,33,35)/t18-,19-. The van der Waals surface area contributed by atoms with E-state index in [-0.39, 0.29) is 23.9 Å². The van der Waals surface area contributed by atoms with Gasteiger partial charge in [0.15, 0.2) is 0 Å². The zero-order valence-corrected chi connectivity index (χ0v) is 21.0. The Balaban J connectivity index is 1.15. The highest BCUT2D eigenvalue weighted by atomic mass is 16.5. The predicted octanol–water partition coefficient (Wildman–Crippen LogP) is 3.40. The number of hydrogen-bond acceptors (Lipinski definition) is 6. The minimum atomic E-state index is -1.15. The summed E-state index contributed by atoms with van der Waals surface area (Å²) < 4.78 is 6.14. The second-order valence-electron chi connectivity index (χ2n) is 10.9. The minimum Gasteiger partial charge on any atom is -0.493 e. The van der Waals surface area contributed by atoms with Gasteiger partial charge in [0, 0.05) is 23.8 Å². The van der Waals surface area contributed by atoms with Crippen molar-refractivity contribution < 1.29 is 19.4 Å². The molecule has 6 rings (SSSR count). The van der Waals surface area contributed by atoms with Gasteiger partial charge in [-0.15, -0.1) is 0 Å². The molecule has 0 bridgehead atoms. The molecule has 0 atom stereocenters. The molecule has 0 unspecified atom stereocenters. The van der Waals surface area contributed by atoms with Crippen LogP contribution in [-0.2, 0) is 4.79 Å². The molecule has 0 saturated heterocycles. The lowest BCUT2D eigenvalue weighted by Gasteiger charge is -2.30. The Morgan fingerprint density at radius 3 is 2.51 bits per heavy atom. The van der Waals surface area contributed by atoms with E-state index in [0.717, 1.165) is 42.6 Å². The van der Waals surface area contributed by atoms with Crippen LogP contribution in [0.5, 0.6) is 5.75 Å². The van der Waals surface area contributed by atoms with Gasteiger partial charge < -0.3 is 25.5 Å². The first-order chi connectivity index (χ1) is 17.9. The SMILES string of the molecule is Cc1ccc(OCC2CC2)c(-c2ncnc3c(C(=O)N[C@H]4CC[C@H](NC(=O)C5(O)CC5)CC4)c[nH]c23)c1. The number of nitrogens with zero attached hydrogens (tertiary/aromatic N) is 2. The number of carbonyl (C=O) groups excluding carboxylic acids is 2. The molecule has 37 heavy (non-hydrogen) atoms. The Morgan fingerprint density at radius 1 is 1.08 bits per heavy atom. The Kier molecular flexibility index (Phi) is 6.10. The lowest BCUT2D eigenvalue weighted by Crippen LogP contribution is -2.47. The molecule has 3 aliphatic rings. The van der Waals surface area contributed by atoms with Crippen molar-refractivity contribution in [2.24, 2.45) is 5.92 Å². The number of nitrogens with one attached hydrogen (secondary N) is 3. The lowest BCUT2D eigenvalue weighted by molar-refractivity contribution is -0.132. The minimum absolute atomic E-state index is 0.0233. The summed E-state index contributed by atoms with van der Waals surface area (Å²) in [6.07, 6.45) is 9.77. The highest BCUT2D eigenvalue weighted by Gasteiger charge is 2.48. The summed E-state index contributed by atoms with van der Waals surface area (Å²) in [5.74, 6) is 0.987. The van der Waals surface area contributed by atoms with Gasteiger partial charge in [0.1, 0.15) is 28.9 Å². The Hall–Kier alpha value is -3.46. The molecule has 3 aliphatic carbocycles. The number of aliphatic hydroxyl groups is 1. The van der Waals surface area contributed by atoms with Crippen LogP contribution < -0.4 is 15.4 Å². The number of hydrogen-bond donors (Lipinski definition) is 4. The van der Waals surface area contributed by atoms with Gasteiger partial charge in [-0.05, 0) is 76.3 Å². The third kappa shape index (κ3) is 5.05. The predicted molar refractivity (Wildman–Crippen MR) is 138 cm³/mol. The van der Waals surface area contributed by atoms with E-state index < -0.39 is 5.60 Å². The summed E-state index contributed by atoms with van der Waals surface area (Å²) in [5, 5.41) is 16.1. The van der Waals surface area contributed by atoms with Gasteiger partial charge in [-0.1, -0.05) is 11.6 Å². The van der Waals surface area contributed by atoms with Crippen molar-refractivity contribution in [1.29, 1.82) is 0 Å². The Labute approximate surface area is 215 Å². The van der Waals surface area contributed by atoms with Crippen LogP contribution in [0.15, 0.2) is 30.7 Å². The van der Waals surface area contributed by atoms with Gasteiger partial charge in [0.05, 0.1) is 17.7 Å². The number of H-pyrrole nitrogens is 1. The normalized spacial score (nSPS) is 22.4. The summed E-state index contributed by atoms with van der Waals surface area (Å²) in [7, 11) is 0. The molecule has 2 amide bonds. The first kappa shape index (κ1) is 23.9. The quantitative estimate of drug-likeness (QED) is 0.373. The molecular weight excluding hydrogens is 470 g/mol. The molecule has 0 radical (unpaired) electrons. The van der Waals surface area contributed by atoms with Crippen molar-refractivity contribution in [2.45, 2.75) is 76.0 Å². The Bertz CT molecular complexity index is 1340. The van der Waals surface area contributed by atoms with Crippen LogP contribution in [0.2, 0.25) is 0 Å². The number of aryl methyl sites for hydroxylation is 1. The summed E-state index contributed by atoms with van der Waals surface area (Å²) >= 11 is 0. The fourth-order valence-electron chi connectivity index (χ4n) is 5.07. The third-order valence-electron chi connectivity index (χ3n) is 7.81. The van der Waals surface area contributed by atoms with E-state index in [1.54, 1.807) is 6.20 Å². The molecular formula is C28H33N5O4. The zero-order valence-electron chi connectivity index (χ0n) is 21.0. The van der Waals surface area contributed by atoms with E-state index in [1.807, 2.05) is 19.1 Å². The van der Waals surface area contributed by atoms with Crippen molar-refractivity contribution >= 4 is 22.8 Å². The average molecular weight is 504 g/mol. The number of rotatable bonds is 8. The monoisotopic (exact) mass is 503 g/mol. The molecule has 3 fully saturated rings. The first-order valence-electron chi connectivity index (χ1n) is 13.3. The van der Waals surface area contributed by atoms with Crippen molar-refractivity contribution in [3.05, 3.63) is 41.9 Å². The van der Waals surface area contributed by atoms with Crippen LogP contribution in [0, 0.1) is 12.8 Å². The number of benzene rings is 1. The maximum absolute atomic E-state index is 13.2. The highest BCUT2D eigenvalue weighted by molar-refractivity contribution is 6.08. The number of aromatic nitrogens is 3. The summed E-state index contributed by atoms with van der Waals surface area (Å²) in [6, 6.07) is 6.14. The van der Waals surface area contributed by atoms with Crippen LogP contribution >= 0.6 is 0 Å². The van der Waals surface area contributed by atoms with Gasteiger partial charge in [0.25, 0.3) is 11.8 Å². The van der Waals surface area contributed by atoms with Crippen LogP contribution in [-0.4, -0.2) is 56.2 Å². The number of aromatic amines is 1. The van der Waals surface area contributed by atoms with Crippen LogP contribution in [0.3, 0.4) is 0 Å². The maximum Gasteiger partial charge on any atom is 0.255 e. The van der Waals surface area contributed by atoms with E-state index in [1.165, 1.54) is 19.2 Å². The molecule has 0 spiro atoms. The van der Waals surface area contributed by atoms with E-state index in [9.17, 15) is 14.7 Å². The largest absolute Gasteiger partial charge is 0.493 e. The van der Waals surface area contributed by atoms with Gasteiger partial charge in [-0.3, -0.25) is 9.59 Å².